The Morgan fingerprint density at radius 2 is 1.36 bits per heavy atom. The molecule has 182 valence electrons. The van der Waals surface area contributed by atoms with Crippen molar-refractivity contribution in [1.82, 2.24) is 4.98 Å². The van der Waals surface area contributed by atoms with Gasteiger partial charge in [-0.2, -0.15) is 0 Å². The van der Waals surface area contributed by atoms with Crippen LogP contribution < -0.4 is 0 Å². The fourth-order valence-corrected chi connectivity index (χ4v) is 4.36. The minimum absolute atomic E-state index is 0. The number of para-hydroxylation sites is 1. The van der Waals surface area contributed by atoms with Crippen LogP contribution in [0.1, 0.15) is 42.6 Å². The maximum atomic E-state index is 5.17. The number of hydrogen-bond acceptors (Lipinski definition) is 1. The Kier molecular flexibility index (Phi) is 10.8. The first-order valence-corrected chi connectivity index (χ1v) is 11.4. The standard InChI is InChI=1S/C31H26N2.2CH3.Hf/c1-22(2)25-16-8-9-18-28(25)31(32-24-14-4-3-5-15-24)30-21-11-20-29(33-30)27-19-10-13-23-12-6-7-17-26(23)27;;;/h3-18,20-22,31H,1-2H3;2*1H3;/q-2;2*-1;. The molecule has 3 heteroatoms. The van der Waals surface area contributed by atoms with Gasteiger partial charge < -0.3 is 25.2 Å². The number of pyridine rings is 1. The van der Waals surface area contributed by atoms with Crippen molar-refractivity contribution in [3.63, 3.8) is 0 Å². The molecule has 36 heavy (non-hydrogen) atoms. The molecule has 0 fully saturated rings. The SMILES string of the molecule is CC(C)c1ccccc1C([N-]c1ccccc1)c1cccc(-c2[c-]ccc3ccccc23)n1.[CH3-].[CH3-].[Hf]. The van der Waals surface area contributed by atoms with Crippen molar-refractivity contribution in [3.05, 3.63) is 152 Å². The first kappa shape index (κ1) is 29.2. The second-order valence-corrected chi connectivity index (χ2v) is 8.54. The van der Waals surface area contributed by atoms with E-state index in [4.69, 9.17) is 10.3 Å². The van der Waals surface area contributed by atoms with E-state index < -0.39 is 0 Å². The summed E-state index contributed by atoms with van der Waals surface area (Å²) < 4.78 is 0. The van der Waals surface area contributed by atoms with Gasteiger partial charge in [0.1, 0.15) is 0 Å². The van der Waals surface area contributed by atoms with E-state index in [2.05, 4.69) is 92.7 Å². The van der Waals surface area contributed by atoms with E-state index in [0.29, 0.717) is 5.92 Å². The van der Waals surface area contributed by atoms with Crippen LogP contribution in [0.15, 0.2) is 109 Å². The molecule has 1 unspecified atom stereocenters. The monoisotopic (exact) mass is 636 g/mol. The molecule has 2 nitrogen and oxygen atoms in total. The molecule has 0 bridgehead atoms. The van der Waals surface area contributed by atoms with Gasteiger partial charge in [-0.25, -0.2) is 0 Å². The van der Waals surface area contributed by atoms with Gasteiger partial charge >= 0.3 is 0 Å². The Bertz CT molecular complexity index is 1370. The molecule has 0 aliphatic rings. The summed E-state index contributed by atoms with van der Waals surface area (Å²) in [6.45, 7) is 4.46. The van der Waals surface area contributed by atoms with Crippen molar-refractivity contribution in [2.45, 2.75) is 25.8 Å². The van der Waals surface area contributed by atoms with Gasteiger partial charge in [-0.05, 0) is 29.3 Å². The maximum Gasteiger partial charge on any atom is 0.0195 e. The molecular weight excluding hydrogens is 603 g/mol. The summed E-state index contributed by atoms with van der Waals surface area (Å²) in [4.78, 5) is 5.14. The van der Waals surface area contributed by atoms with Crippen LogP contribution >= 0.6 is 0 Å². The topological polar surface area (TPSA) is 27.0 Å². The number of rotatable bonds is 6. The Hall–Kier alpha value is -3.04. The van der Waals surface area contributed by atoms with Gasteiger partial charge in [0.15, 0.2) is 0 Å². The van der Waals surface area contributed by atoms with Crippen LogP contribution in [0.2, 0.25) is 0 Å². The van der Waals surface area contributed by atoms with E-state index in [1.807, 2.05) is 36.4 Å². The normalized spacial score (nSPS) is 11.1. The third-order valence-corrected chi connectivity index (χ3v) is 5.97. The average molecular weight is 635 g/mol. The van der Waals surface area contributed by atoms with Gasteiger partial charge in [0, 0.05) is 31.5 Å². The molecule has 0 radical (unpaired) electrons. The zero-order valence-electron chi connectivity index (χ0n) is 21.4. The molecule has 0 N–H and O–H groups in total. The second-order valence-electron chi connectivity index (χ2n) is 8.54. The summed E-state index contributed by atoms with van der Waals surface area (Å²) in [7, 11) is 0. The Balaban J connectivity index is 0.00000152. The van der Waals surface area contributed by atoms with Crippen LogP contribution in [0, 0.1) is 20.9 Å². The van der Waals surface area contributed by atoms with E-state index in [1.165, 1.54) is 16.5 Å². The summed E-state index contributed by atoms with van der Waals surface area (Å²) in [6.07, 6.45) is 0. The number of fused-ring (bicyclic) bond motifs is 1. The molecule has 4 aromatic carbocycles. The number of hydrogen-bond donors (Lipinski definition) is 0. The minimum atomic E-state index is -0.194. The van der Waals surface area contributed by atoms with Crippen LogP contribution in [0.3, 0.4) is 0 Å². The van der Waals surface area contributed by atoms with Crippen LogP contribution in [-0.4, -0.2) is 4.98 Å². The van der Waals surface area contributed by atoms with E-state index in [0.717, 1.165) is 28.0 Å². The third kappa shape index (κ3) is 6.20. The van der Waals surface area contributed by atoms with Crippen LogP contribution in [0.5, 0.6) is 0 Å². The first-order valence-electron chi connectivity index (χ1n) is 11.4. The van der Waals surface area contributed by atoms with Gasteiger partial charge in [0.05, 0.1) is 0 Å². The van der Waals surface area contributed by atoms with Gasteiger partial charge in [0.25, 0.3) is 0 Å². The fourth-order valence-electron chi connectivity index (χ4n) is 4.36. The molecule has 1 heterocycles. The van der Waals surface area contributed by atoms with Crippen molar-refractivity contribution in [2.24, 2.45) is 0 Å². The average Bonchev–Trinajstić information content (AvgIpc) is 2.87. The third-order valence-electron chi connectivity index (χ3n) is 5.97. The quantitative estimate of drug-likeness (QED) is 0.135. The summed E-state index contributed by atoms with van der Waals surface area (Å²) in [5.74, 6) is 0.393. The Labute approximate surface area is 235 Å². The molecular formula is C33H32HfN2-4. The summed E-state index contributed by atoms with van der Waals surface area (Å²) in [6, 6.07) is 40.7. The van der Waals surface area contributed by atoms with Crippen molar-refractivity contribution >= 4 is 16.5 Å². The van der Waals surface area contributed by atoms with Crippen LogP contribution in [0.25, 0.3) is 27.3 Å². The van der Waals surface area contributed by atoms with E-state index in [1.54, 1.807) is 0 Å². The maximum absolute atomic E-state index is 5.17. The first-order chi connectivity index (χ1) is 16.2. The van der Waals surface area contributed by atoms with Crippen LogP contribution in [0.4, 0.5) is 5.69 Å². The molecule has 0 aliphatic carbocycles. The van der Waals surface area contributed by atoms with E-state index >= 15 is 0 Å². The predicted molar refractivity (Wildman–Crippen MR) is 151 cm³/mol. The smallest absolute Gasteiger partial charge is 0.0195 e. The zero-order chi connectivity index (χ0) is 22.6. The van der Waals surface area contributed by atoms with E-state index in [-0.39, 0.29) is 46.7 Å². The Morgan fingerprint density at radius 1 is 0.694 bits per heavy atom. The predicted octanol–water partition coefficient (Wildman–Crippen LogP) is 9.52. The van der Waals surface area contributed by atoms with E-state index in [9.17, 15) is 0 Å². The molecule has 5 rings (SSSR count). The van der Waals surface area contributed by atoms with Crippen molar-refractivity contribution < 1.29 is 25.8 Å². The van der Waals surface area contributed by atoms with Gasteiger partial charge in [-0.1, -0.05) is 116 Å². The summed E-state index contributed by atoms with van der Waals surface area (Å²) in [5.41, 5.74) is 6.31. The largest absolute Gasteiger partial charge is 0.673 e. The molecule has 0 spiro atoms. The summed E-state index contributed by atoms with van der Waals surface area (Å²) in [5, 5.41) is 7.51. The van der Waals surface area contributed by atoms with Crippen molar-refractivity contribution in [1.29, 1.82) is 0 Å². The minimum Gasteiger partial charge on any atom is -0.673 e. The van der Waals surface area contributed by atoms with Gasteiger partial charge in [-0.15, -0.1) is 34.8 Å². The van der Waals surface area contributed by atoms with Crippen LogP contribution in [-0.2, 0) is 25.8 Å². The second kappa shape index (κ2) is 13.3. The number of nitrogens with zero attached hydrogens (tertiary/aromatic N) is 2. The zero-order valence-corrected chi connectivity index (χ0v) is 25.0. The molecule has 0 saturated carbocycles. The fraction of sp³-hybridized carbons (Fsp3) is 0.121. The molecule has 0 amide bonds. The number of benzene rings is 4. The summed E-state index contributed by atoms with van der Waals surface area (Å²) >= 11 is 0. The number of aromatic nitrogens is 1. The van der Waals surface area contributed by atoms with Gasteiger partial charge in [0.2, 0.25) is 0 Å². The molecule has 0 saturated heterocycles. The molecule has 0 aliphatic heterocycles. The molecule has 1 atom stereocenters. The Morgan fingerprint density at radius 3 is 2.11 bits per heavy atom. The van der Waals surface area contributed by atoms with Crippen molar-refractivity contribution in [3.8, 4) is 11.3 Å². The molecule has 1 aromatic heterocycles. The van der Waals surface area contributed by atoms with Crippen molar-refractivity contribution in [2.75, 3.05) is 0 Å². The van der Waals surface area contributed by atoms with Gasteiger partial charge in [-0.3, -0.25) is 0 Å². The molecule has 5 aromatic rings.